The first-order valence-corrected chi connectivity index (χ1v) is 9.91. The molecule has 2 aromatic rings. The molecule has 5 nitrogen and oxygen atoms in total. The largest absolute Gasteiger partial charge is 0.416 e. The Hall–Kier alpha value is -2.89. The van der Waals surface area contributed by atoms with Gasteiger partial charge in [0.05, 0.1) is 17.2 Å². The lowest BCUT2D eigenvalue weighted by Gasteiger charge is -2.32. The molecule has 3 N–H and O–H groups in total. The van der Waals surface area contributed by atoms with Crippen LogP contribution in [0.4, 0.5) is 18.9 Å². The number of carbonyl (C=O) groups is 1. The Morgan fingerprint density at radius 3 is 2.20 bits per heavy atom. The molecule has 2 aromatic carbocycles. The number of halogens is 3. The van der Waals surface area contributed by atoms with Gasteiger partial charge in [-0.1, -0.05) is 12.1 Å². The van der Waals surface area contributed by atoms with Crippen molar-refractivity contribution in [3.05, 3.63) is 65.2 Å². The summed E-state index contributed by atoms with van der Waals surface area (Å²) in [6.45, 7) is 6.26. The maximum Gasteiger partial charge on any atom is 0.416 e. The molecule has 0 bridgehead atoms. The van der Waals surface area contributed by atoms with Crippen LogP contribution in [0.25, 0.3) is 0 Å². The predicted octanol–water partition coefficient (Wildman–Crippen LogP) is 0.888. The van der Waals surface area contributed by atoms with Crippen LogP contribution in [0.1, 0.15) is 23.6 Å². The monoisotopic (exact) mass is 418 g/mol. The zero-order valence-corrected chi connectivity index (χ0v) is 16.7. The Balaban J connectivity index is 1.48. The number of carbonyl (C=O) groups excluding carboxylic acids is 1. The van der Waals surface area contributed by atoms with Crippen LogP contribution in [-0.2, 0) is 17.5 Å². The smallest absolute Gasteiger partial charge is 0.322 e. The van der Waals surface area contributed by atoms with E-state index in [2.05, 4.69) is 11.4 Å². The molecule has 30 heavy (non-hydrogen) atoms. The van der Waals surface area contributed by atoms with E-state index in [0.29, 0.717) is 11.3 Å². The molecule has 1 aliphatic rings. The van der Waals surface area contributed by atoms with Crippen LogP contribution in [0.15, 0.2) is 48.5 Å². The van der Waals surface area contributed by atoms with Crippen LogP contribution in [0, 0.1) is 11.3 Å². The number of anilines is 1. The molecule has 8 heteroatoms. The predicted molar refractivity (Wildman–Crippen MR) is 106 cm³/mol. The molecule has 0 radical (unpaired) electrons. The summed E-state index contributed by atoms with van der Waals surface area (Å²) in [4.78, 5) is 15.1. The van der Waals surface area contributed by atoms with Crippen LogP contribution in [0.2, 0.25) is 0 Å². The quantitative estimate of drug-likeness (QED) is 0.676. The Morgan fingerprint density at radius 2 is 1.67 bits per heavy atom. The van der Waals surface area contributed by atoms with E-state index in [4.69, 9.17) is 5.26 Å². The standard InChI is InChI=1S/C22H23F3N4O/c1-16(21(30)27-20-8-6-19(7-9-20)22(23,24)25)29-12-10-28(11-13-29)15-18-4-2-17(14-26)3-5-18/h2-9,16H,10-13,15H2,1H3,(H,27,30)/p+2/t16-/m0/s1. The lowest BCUT2D eigenvalue weighted by atomic mass is 10.1. The zero-order chi connectivity index (χ0) is 21.7. The number of nitrogens with one attached hydrogen (secondary N) is 3. The van der Waals surface area contributed by atoms with E-state index in [1.54, 1.807) is 0 Å². The number of hydrogen-bond donors (Lipinski definition) is 3. The maximum atomic E-state index is 12.7. The molecule has 1 fully saturated rings. The van der Waals surface area contributed by atoms with Gasteiger partial charge in [-0.15, -0.1) is 0 Å². The van der Waals surface area contributed by atoms with E-state index in [9.17, 15) is 18.0 Å². The summed E-state index contributed by atoms with van der Waals surface area (Å²) in [5.74, 6) is -0.194. The first-order valence-electron chi connectivity index (χ1n) is 9.91. The summed E-state index contributed by atoms with van der Waals surface area (Å²) < 4.78 is 38.0. The van der Waals surface area contributed by atoms with Gasteiger partial charge in [-0.2, -0.15) is 18.4 Å². The third kappa shape index (κ3) is 5.59. The molecule has 1 heterocycles. The van der Waals surface area contributed by atoms with Crippen molar-refractivity contribution in [2.75, 3.05) is 31.5 Å². The first-order chi connectivity index (χ1) is 14.3. The van der Waals surface area contributed by atoms with Crippen molar-refractivity contribution in [2.24, 2.45) is 0 Å². The number of benzene rings is 2. The molecule has 0 unspecified atom stereocenters. The van der Waals surface area contributed by atoms with E-state index >= 15 is 0 Å². The number of nitrogens with zero attached hydrogens (tertiary/aromatic N) is 1. The fourth-order valence-corrected chi connectivity index (χ4v) is 3.70. The second-order valence-corrected chi connectivity index (χ2v) is 7.68. The highest BCUT2D eigenvalue weighted by molar-refractivity contribution is 5.93. The summed E-state index contributed by atoms with van der Waals surface area (Å²) in [6, 6.07) is 13.9. The Kier molecular flexibility index (Phi) is 6.75. The second kappa shape index (κ2) is 9.28. The van der Waals surface area contributed by atoms with Gasteiger partial charge in [0.2, 0.25) is 0 Å². The van der Waals surface area contributed by atoms with E-state index < -0.39 is 11.7 Å². The van der Waals surface area contributed by atoms with Crippen LogP contribution in [0.5, 0.6) is 0 Å². The number of rotatable bonds is 5. The number of hydrogen-bond acceptors (Lipinski definition) is 2. The van der Waals surface area contributed by atoms with Crippen molar-refractivity contribution < 1.29 is 27.8 Å². The van der Waals surface area contributed by atoms with Crippen LogP contribution >= 0.6 is 0 Å². The van der Waals surface area contributed by atoms with E-state index in [1.807, 2.05) is 31.2 Å². The molecule has 158 valence electrons. The summed E-state index contributed by atoms with van der Waals surface area (Å²) in [5.41, 5.74) is 1.46. The summed E-state index contributed by atoms with van der Waals surface area (Å²) >= 11 is 0. The minimum absolute atomic E-state index is 0.194. The lowest BCUT2D eigenvalue weighted by Crippen LogP contribution is -3.29. The highest BCUT2D eigenvalue weighted by atomic mass is 19.4. The average Bonchev–Trinajstić information content (AvgIpc) is 2.74. The molecule has 3 rings (SSSR count). The third-order valence-electron chi connectivity index (χ3n) is 5.62. The number of piperazine rings is 1. The maximum absolute atomic E-state index is 12.7. The molecule has 0 saturated carbocycles. The van der Waals surface area contributed by atoms with Crippen LogP contribution < -0.4 is 15.1 Å². The normalized spacial score (nSPS) is 20.2. The van der Waals surface area contributed by atoms with Gasteiger partial charge in [0, 0.05) is 11.3 Å². The molecule has 0 spiro atoms. The second-order valence-electron chi connectivity index (χ2n) is 7.68. The van der Waals surface area contributed by atoms with Crippen LogP contribution in [-0.4, -0.2) is 38.1 Å². The zero-order valence-electron chi connectivity index (χ0n) is 16.7. The SMILES string of the molecule is C[C@@H](C(=O)Nc1ccc(C(F)(F)F)cc1)[NH+]1CC[NH+](Cc2ccc(C#N)cc2)CC1. The van der Waals surface area contributed by atoms with Gasteiger partial charge in [0.25, 0.3) is 5.91 Å². The summed E-state index contributed by atoms with van der Waals surface area (Å²) in [7, 11) is 0. The minimum Gasteiger partial charge on any atom is -0.322 e. The molecular weight excluding hydrogens is 393 g/mol. The van der Waals surface area contributed by atoms with E-state index in [1.165, 1.54) is 27.5 Å². The van der Waals surface area contributed by atoms with Crippen molar-refractivity contribution in [3.63, 3.8) is 0 Å². The van der Waals surface area contributed by atoms with Crippen LogP contribution in [0.3, 0.4) is 0 Å². The van der Waals surface area contributed by atoms with Gasteiger partial charge in [-0.3, -0.25) is 4.79 Å². The topological polar surface area (TPSA) is 61.8 Å². The Labute approximate surface area is 173 Å². The average molecular weight is 418 g/mol. The third-order valence-corrected chi connectivity index (χ3v) is 5.62. The summed E-state index contributed by atoms with van der Waals surface area (Å²) in [5, 5.41) is 11.6. The summed E-state index contributed by atoms with van der Waals surface area (Å²) in [6.07, 6.45) is -4.39. The van der Waals surface area contributed by atoms with Gasteiger partial charge in [-0.25, -0.2) is 0 Å². The van der Waals surface area contributed by atoms with Crippen molar-refractivity contribution in [3.8, 4) is 6.07 Å². The molecule has 1 saturated heterocycles. The fourth-order valence-electron chi connectivity index (χ4n) is 3.70. The van der Waals surface area contributed by atoms with Crippen molar-refractivity contribution in [2.45, 2.75) is 25.7 Å². The molecule has 0 aromatic heterocycles. The number of amides is 1. The Bertz CT molecular complexity index is 896. The van der Waals surface area contributed by atoms with Gasteiger partial charge in [0.1, 0.15) is 32.7 Å². The molecular formula is C22H25F3N4O+2. The van der Waals surface area contributed by atoms with Gasteiger partial charge in [0.15, 0.2) is 6.04 Å². The number of quaternary nitrogens is 2. The Morgan fingerprint density at radius 1 is 1.07 bits per heavy atom. The van der Waals surface area contributed by atoms with Crippen molar-refractivity contribution >= 4 is 11.6 Å². The first kappa shape index (κ1) is 21.8. The van der Waals surface area contributed by atoms with E-state index in [-0.39, 0.29) is 11.9 Å². The minimum atomic E-state index is -4.39. The highest BCUT2D eigenvalue weighted by Crippen LogP contribution is 2.29. The lowest BCUT2D eigenvalue weighted by molar-refractivity contribution is -1.02. The number of alkyl halides is 3. The van der Waals surface area contributed by atoms with E-state index in [0.717, 1.165) is 44.9 Å². The fraction of sp³-hybridized carbons (Fsp3) is 0.364. The molecule has 0 aliphatic carbocycles. The molecule has 1 amide bonds. The molecule has 1 atom stereocenters. The van der Waals surface area contributed by atoms with Gasteiger partial charge in [-0.05, 0) is 43.3 Å². The highest BCUT2D eigenvalue weighted by Gasteiger charge is 2.32. The molecule has 1 aliphatic heterocycles. The van der Waals surface area contributed by atoms with Crippen molar-refractivity contribution in [1.29, 1.82) is 5.26 Å². The van der Waals surface area contributed by atoms with Gasteiger partial charge < -0.3 is 15.1 Å². The van der Waals surface area contributed by atoms with Gasteiger partial charge >= 0.3 is 6.18 Å². The number of nitriles is 1. The van der Waals surface area contributed by atoms with Crippen molar-refractivity contribution in [1.82, 2.24) is 0 Å².